The number of hydrogen-bond acceptors (Lipinski definition) is 2. The topological polar surface area (TPSA) is 26.3 Å². The third-order valence-electron chi connectivity index (χ3n) is 2.30. The molecule has 0 heterocycles. The molecule has 0 unspecified atom stereocenters. The first-order valence-electron chi connectivity index (χ1n) is 5.02. The van der Waals surface area contributed by atoms with Crippen molar-refractivity contribution < 1.29 is 9.53 Å². The zero-order valence-corrected chi connectivity index (χ0v) is 13.8. The first-order chi connectivity index (χ1) is 5.83. The maximum absolute atomic E-state index is 11.1. The van der Waals surface area contributed by atoms with Gasteiger partial charge in [0.05, 0.1) is 0 Å². The van der Waals surface area contributed by atoms with Crippen molar-refractivity contribution >= 4 is 64.2 Å². The van der Waals surface area contributed by atoms with Crippen LogP contribution in [0.1, 0.15) is 51.9 Å². The van der Waals surface area contributed by atoms with Gasteiger partial charge < -0.3 is 4.74 Å². The van der Waals surface area contributed by atoms with Crippen LogP contribution in [0.25, 0.3) is 0 Å². The molecular formula is C10H18O2Rb. The number of esters is 1. The van der Waals surface area contributed by atoms with Gasteiger partial charge in [-0.25, -0.2) is 0 Å². The van der Waals surface area contributed by atoms with Crippen LogP contribution in [0, 0.1) is 0 Å². The summed E-state index contributed by atoms with van der Waals surface area (Å²) >= 11 is 0. The van der Waals surface area contributed by atoms with Crippen molar-refractivity contribution in [1.29, 1.82) is 0 Å². The minimum Gasteiger partial charge on any atom is -0.462 e. The second kappa shape index (κ2) is 8.57. The molecule has 71 valence electrons. The molecule has 0 aromatic heterocycles. The van der Waals surface area contributed by atoms with E-state index in [0.717, 1.165) is 19.3 Å². The van der Waals surface area contributed by atoms with Gasteiger partial charge >= 0.3 is 5.97 Å². The molecule has 0 N–H and O–H groups in total. The van der Waals surface area contributed by atoms with Gasteiger partial charge in [-0.15, -0.1) is 0 Å². The van der Waals surface area contributed by atoms with Gasteiger partial charge in [-0.2, -0.15) is 0 Å². The summed E-state index contributed by atoms with van der Waals surface area (Å²) < 4.78 is 5.29. The van der Waals surface area contributed by atoms with E-state index in [4.69, 9.17) is 4.74 Å². The molecule has 3 heteroatoms. The smallest absolute Gasteiger partial charge is 0.306 e. The van der Waals surface area contributed by atoms with E-state index in [1.165, 1.54) is 19.3 Å². The van der Waals surface area contributed by atoms with Gasteiger partial charge in [-0.3, -0.25) is 4.79 Å². The minimum absolute atomic E-state index is 0. The molecule has 0 aromatic rings. The number of hydrogen-bond donors (Lipinski definition) is 0. The van der Waals surface area contributed by atoms with E-state index >= 15 is 0 Å². The standard InChI is InChI=1S/C10H18O2.Rb/c1-2-6-10(11)12-9-7-4-3-5-8-9;/h9H,2-8H2,1H3;. The van der Waals surface area contributed by atoms with Gasteiger partial charge in [-0.05, 0) is 32.1 Å². The first kappa shape index (κ1) is 14.3. The quantitative estimate of drug-likeness (QED) is 0.724. The molecule has 1 fully saturated rings. The van der Waals surface area contributed by atoms with E-state index in [9.17, 15) is 4.79 Å². The summed E-state index contributed by atoms with van der Waals surface area (Å²) in [4.78, 5) is 11.1. The van der Waals surface area contributed by atoms with E-state index in [1.54, 1.807) is 0 Å². The Morgan fingerprint density at radius 3 is 2.46 bits per heavy atom. The van der Waals surface area contributed by atoms with Crippen LogP contribution in [0.15, 0.2) is 0 Å². The van der Waals surface area contributed by atoms with E-state index in [2.05, 4.69) is 0 Å². The van der Waals surface area contributed by atoms with Crippen molar-refractivity contribution in [3.8, 4) is 0 Å². The maximum Gasteiger partial charge on any atom is 0.306 e. The largest absolute Gasteiger partial charge is 0.462 e. The summed E-state index contributed by atoms with van der Waals surface area (Å²) in [5.41, 5.74) is 0. The summed E-state index contributed by atoms with van der Waals surface area (Å²) in [6, 6.07) is 0. The monoisotopic (exact) mass is 255 g/mol. The van der Waals surface area contributed by atoms with Crippen LogP contribution >= 0.6 is 0 Å². The molecule has 1 saturated carbocycles. The van der Waals surface area contributed by atoms with Crippen LogP contribution in [0.3, 0.4) is 0 Å². The van der Waals surface area contributed by atoms with E-state index in [1.807, 2.05) is 6.92 Å². The molecule has 1 aliphatic rings. The number of carbonyl (C=O) groups is 1. The molecule has 0 aliphatic heterocycles. The van der Waals surface area contributed by atoms with Gasteiger partial charge in [0.25, 0.3) is 0 Å². The van der Waals surface area contributed by atoms with Gasteiger partial charge in [0.2, 0.25) is 0 Å². The third kappa shape index (κ3) is 6.37. The van der Waals surface area contributed by atoms with E-state index in [0.29, 0.717) is 6.42 Å². The van der Waals surface area contributed by atoms with Crippen molar-refractivity contribution in [1.82, 2.24) is 0 Å². The average Bonchev–Trinajstić information content (AvgIpc) is 2.06. The second-order valence-electron chi connectivity index (χ2n) is 3.50. The molecule has 2 nitrogen and oxygen atoms in total. The Bertz CT molecular complexity index is 142. The zero-order chi connectivity index (χ0) is 8.81. The van der Waals surface area contributed by atoms with Gasteiger partial charge in [0.1, 0.15) is 6.10 Å². The van der Waals surface area contributed by atoms with Crippen LogP contribution in [0.2, 0.25) is 0 Å². The van der Waals surface area contributed by atoms with Crippen molar-refractivity contribution in [3.63, 3.8) is 0 Å². The van der Waals surface area contributed by atoms with E-state index < -0.39 is 0 Å². The van der Waals surface area contributed by atoms with Crippen molar-refractivity contribution in [2.24, 2.45) is 0 Å². The SMILES string of the molecule is CCCC(=O)OC1CCCCC1.[Rb]. The van der Waals surface area contributed by atoms with Crippen LogP contribution < -0.4 is 0 Å². The summed E-state index contributed by atoms with van der Waals surface area (Å²) in [5.74, 6) is -0.00981. The first-order valence-corrected chi connectivity index (χ1v) is 5.02. The summed E-state index contributed by atoms with van der Waals surface area (Å²) in [5, 5.41) is 0. The maximum atomic E-state index is 11.1. The van der Waals surface area contributed by atoms with E-state index in [-0.39, 0.29) is 70.3 Å². The van der Waals surface area contributed by atoms with Crippen LogP contribution in [0.4, 0.5) is 0 Å². The van der Waals surface area contributed by atoms with Crippen molar-refractivity contribution in [2.45, 2.75) is 58.0 Å². The molecule has 0 amide bonds. The number of ether oxygens (including phenoxy) is 1. The van der Waals surface area contributed by atoms with Crippen molar-refractivity contribution in [3.05, 3.63) is 0 Å². The molecule has 0 saturated heterocycles. The molecule has 0 atom stereocenters. The molecule has 0 aromatic carbocycles. The Morgan fingerprint density at radius 2 is 1.92 bits per heavy atom. The normalized spacial score (nSPS) is 17.6. The fourth-order valence-electron chi connectivity index (χ4n) is 1.63. The van der Waals surface area contributed by atoms with Crippen LogP contribution in [0.5, 0.6) is 0 Å². The molecule has 0 bridgehead atoms. The summed E-state index contributed by atoms with van der Waals surface area (Å²) in [6.45, 7) is 2.00. The zero-order valence-electron chi connectivity index (χ0n) is 8.84. The minimum atomic E-state index is -0.00981. The molecule has 1 rings (SSSR count). The van der Waals surface area contributed by atoms with Crippen LogP contribution in [-0.4, -0.2) is 70.3 Å². The molecular weight excluding hydrogens is 238 g/mol. The van der Waals surface area contributed by atoms with Crippen molar-refractivity contribution in [2.75, 3.05) is 0 Å². The Balaban J connectivity index is 0.00000144. The molecule has 1 aliphatic carbocycles. The second-order valence-corrected chi connectivity index (χ2v) is 3.50. The predicted octanol–water partition coefficient (Wildman–Crippen LogP) is 2.28. The molecule has 13 heavy (non-hydrogen) atoms. The van der Waals surface area contributed by atoms with Gasteiger partial charge in [-0.1, -0.05) is 13.3 Å². The fraction of sp³-hybridized carbons (Fsp3) is 0.900. The van der Waals surface area contributed by atoms with Gasteiger partial charge in [0, 0.05) is 64.6 Å². The Labute approximate surface area is 130 Å². The average molecular weight is 256 g/mol. The number of carbonyl (C=O) groups excluding carboxylic acids is 1. The Hall–Kier alpha value is 1.28. The summed E-state index contributed by atoms with van der Waals surface area (Å²) in [7, 11) is 0. The molecule has 1 radical (unpaired) electrons. The van der Waals surface area contributed by atoms with Crippen LogP contribution in [-0.2, 0) is 9.53 Å². The van der Waals surface area contributed by atoms with Gasteiger partial charge in [0.15, 0.2) is 0 Å². The number of rotatable bonds is 3. The molecule has 0 spiro atoms. The Kier molecular flexibility index (Phi) is 9.41. The third-order valence-corrected chi connectivity index (χ3v) is 2.30. The Morgan fingerprint density at radius 1 is 1.31 bits per heavy atom. The fourth-order valence-corrected chi connectivity index (χ4v) is 1.63. The predicted molar refractivity (Wildman–Crippen MR) is 53.6 cm³/mol. The summed E-state index contributed by atoms with van der Waals surface area (Å²) in [6.07, 6.45) is 7.63.